The average Bonchev–Trinajstić information content (AvgIpc) is 2.48. The molecule has 0 saturated heterocycles. The SMILES string of the molecule is Cc1cnccc1CN(C)C(=O)c1cc(C(C)C)nc(N)n1. The lowest BCUT2D eigenvalue weighted by Gasteiger charge is -2.18. The van der Waals surface area contributed by atoms with Gasteiger partial charge in [0, 0.05) is 31.7 Å². The predicted octanol–water partition coefficient (Wildman–Crippen LogP) is 2.16. The van der Waals surface area contributed by atoms with Gasteiger partial charge < -0.3 is 10.6 Å². The van der Waals surface area contributed by atoms with Crippen LogP contribution in [0.2, 0.25) is 0 Å². The summed E-state index contributed by atoms with van der Waals surface area (Å²) in [7, 11) is 1.75. The highest BCUT2D eigenvalue weighted by atomic mass is 16.2. The zero-order chi connectivity index (χ0) is 16.3. The number of pyridine rings is 1. The van der Waals surface area contributed by atoms with Crippen molar-refractivity contribution in [3.63, 3.8) is 0 Å². The van der Waals surface area contributed by atoms with Gasteiger partial charge in [-0.2, -0.15) is 0 Å². The summed E-state index contributed by atoms with van der Waals surface area (Å²) < 4.78 is 0. The van der Waals surface area contributed by atoms with E-state index in [2.05, 4.69) is 15.0 Å². The molecular formula is C16H21N5O. The molecule has 0 radical (unpaired) electrons. The number of anilines is 1. The Morgan fingerprint density at radius 1 is 1.36 bits per heavy atom. The molecule has 0 fully saturated rings. The minimum atomic E-state index is -0.174. The number of nitrogens with zero attached hydrogens (tertiary/aromatic N) is 4. The molecule has 0 unspecified atom stereocenters. The number of amides is 1. The highest BCUT2D eigenvalue weighted by Gasteiger charge is 2.17. The van der Waals surface area contributed by atoms with Crippen LogP contribution in [0.4, 0.5) is 5.95 Å². The quantitative estimate of drug-likeness (QED) is 0.935. The maximum Gasteiger partial charge on any atom is 0.272 e. The van der Waals surface area contributed by atoms with Crippen LogP contribution in [-0.4, -0.2) is 32.8 Å². The van der Waals surface area contributed by atoms with Gasteiger partial charge in [0.15, 0.2) is 0 Å². The van der Waals surface area contributed by atoms with Crippen LogP contribution in [0, 0.1) is 6.92 Å². The minimum Gasteiger partial charge on any atom is -0.368 e. The zero-order valence-corrected chi connectivity index (χ0v) is 13.4. The van der Waals surface area contributed by atoms with Crippen molar-refractivity contribution >= 4 is 11.9 Å². The van der Waals surface area contributed by atoms with Crippen molar-refractivity contribution in [1.29, 1.82) is 0 Å². The first-order chi connectivity index (χ1) is 10.4. The molecule has 2 N–H and O–H groups in total. The topological polar surface area (TPSA) is 85.0 Å². The van der Waals surface area contributed by atoms with Crippen molar-refractivity contribution in [3.05, 3.63) is 47.0 Å². The highest BCUT2D eigenvalue weighted by Crippen LogP contribution is 2.16. The second kappa shape index (κ2) is 6.51. The number of carbonyl (C=O) groups excluding carboxylic acids is 1. The lowest BCUT2D eigenvalue weighted by atomic mass is 10.1. The molecule has 0 saturated carbocycles. The summed E-state index contributed by atoms with van der Waals surface area (Å²) in [6, 6.07) is 3.62. The fraction of sp³-hybridized carbons (Fsp3) is 0.375. The summed E-state index contributed by atoms with van der Waals surface area (Å²) in [5, 5.41) is 0. The van der Waals surface area contributed by atoms with Crippen LogP contribution in [0.5, 0.6) is 0 Å². The van der Waals surface area contributed by atoms with E-state index >= 15 is 0 Å². The van der Waals surface area contributed by atoms with E-state index in [9.17, 15) is 4.79 Å². The Bertz CT molecular complexity index is 684. The Labute approximate surface area is 130 Å². The second-order valence-corrected chi connectivity index (χ2v) is 5.65. The highest BCUT2D eigenvalue weighted by molar-refractivity contribution is 5.92. The van der Waals surface area contributed by atoms with Crippen molar-refractivity contribution in [2.45, 2.75) is 33.2 Å². The van der Waals surface area contributed by atoms with Gasteiger partial charge in [0.05, 0.1) is 0 Å². The van der Waals surface area contributed by atoms with Crippen LogP contribution in [0.15, 0.2) is 24.5 Å². The van der Waals surface area contributed by atoms with Crippen LogP contribution in [0.3, 0.4) is 0 Å². The molecule has 2 aromatic rings. The van der Waals surface area contributed by atoms with E-state index in [1.807, 2.05) is 26.8 Å². The maximum absolute atomic E-state index is 12.6. The van der Waals surface area contributed by atoms with Crippen molar-refractivity contribution in [3.8, 4) is 0 Å². The Morgan fingerprint density at radius 3 is 2.73 bits per heavy atom. The largest absolute Gasteiger partial charge is 0.368 e. The maximum atomic E-state index is 12.6. The molecule has 2 heterocycles. The van der Waals surface area contributed by atoms with Gasteiger partial charge >= 0.3 is 0 Å². The summed E-state index contributed by atoms with van der Waals surface area (Å²) in [5.74, 6) is 0.139. The second-order valence-electron chi connectivity index (χ2n) is 5.65. The van der Waals surface area contributed by atoms with Gasteiger partial charge in [0.1, 0.15) is 5.69 Å². The van der Waals surface area contributed by atoms with Gasteiger partial charge in [-0.3, -0.25) is 9.78 Å². The third-order valence-corrected chi connectivity index (χ3v) is 3.46. The standard InChI is InChI=1S/C16H21N5O/c1-10(2)13-7-14(20-16(17)19-13)15(22)21(4)9-12-5-6-18-8-11(12)3/h5-8,10H,9H2,1-4H3,(H2,17,19,20). The molecule has 0 aliphatic rings. The van der Waals surface area contributed by atoms with Gasteiger partial charge in [-0.05, 0) is 36.1 Å². The van der Waals surface area contributed by atoms with E-state index in [-0.39, 0.29) is 17.8 Å². The number of hydrogen-bond donors (Lipinski definition) is 1. The van der Waals surface area contributed by atoms with Crippen molar-refractivity contribution in [2.24, 2.45) is 0 Å². The first-order valence-electron chi connectivity index (χ1n) is 7.18. The smallest absolute Gasteiger partial charge is 0.272 e. The molecule has 0 spiro atoms. The van der Waals surface area contributed by atoms with Crippen molar-refractivity contribution < 1.29 is 4.79 Å². The fourth-order valence-corrected chi connectivity index (χ4v) is 2.09. The summed E-state index contributed by atoms with van der Waals surface area (Å²) in [6.45, 7) is 6.47. The molecule has 1 amide bonds. The molecule has 0 bridgehead atoms. The number of hydrogen-bond acceptors (Lipinski definition) is 5. The van der Waals surface area contributed by atoms with Gasteiger partial charge in [0.2, 0.25) is 5.95 Å². The van der Waals surface area contributed by atoms with Crippen LogP contribution in [0.1, 0.15) is 47.1 Å². The lowest BCUT2D eigenvalue weighted by molar-refractivity contribution is 0.0779. The molecule has 6 nitrogen and oxygen atoms in total. The predicted molar refractivity (Wildman–Crippen MR) is 85.3 cm³/mol. The number of carbonyl (C=O) groups is 1. The van der Waals surface area contributed by atoms with E-state index in [0.29, 0.717) is 12.2 Å². The molecule has 22 heavy (non-hydrogen) atoms. The third kappa shape index (κ3) is 3.58. The van der Waals surface area contributed by atoms with E-state index in [1.165, 1.54) is 0 Å². The summed E-state index contributed by atoms with van der Waals surface area (Å²) >= 11 is 0. The first-order valence-corrected chi connectivity index (χ1v) is 7.18. The molecule has 0 aliphatic heterocycles. The van der Waals surface area contributed by atoms with E-state index in [4.69, 9.17) is 5.73 Å². The zero-order valence-electron chi connectivity index (χ0n) is 13.4. The Hall–Kier alpha value is -2.50. The Morgan fingerprint density at radius 2 is 2.09 bits per heavy atom. The molecule has 0 aliphatic carbocycles. The van der Waals surface area contributed by atoms with E-state index < -0.39 is 0 Å². The monoisotopic (exact) mass is 299 g/mol. The number of nitrogen functional groups attached to an aromatic ring is 1. The van der Waals surface area contributed by atoms with E-state index in [1.54, 1.807) is 30.4 Å². The van der Waals surface area contributed by atoms with Gasteiger partial charge in [0.25, 0.3) is 5.91 Å². The Kier molecular flexibility index (Phi) is 4.70. The number of nitrogens with two attached hydrogens (primary N) is 1. The first kappa shape index (κ1) is 15.9. The lowest BCUT2D eigenvalue weighted by Crippen LogP contribution is -2.28. The van der Waals surface area contributed by atoms with Crippen molar-refractivity contribution in [2.75, 3.05) is 12.8 Å². The summed E-state index contributed by atoms with van der Waals surface area (Å²) in [5.41, 5.74) is 8.90. The van der Waals surface area contributed by atoms with Crippen LogP contribution >= 0.6 is 0 Å². The van der Waals surface area contributed by atoms with Crippen LogP contribution < -0.4 is 5.73 Å². The summed E-state index contributed by atoms with van der Waals surface area (Å²) in [6.07, 6.45) is 3.51. The normalized spacial score (nSPS) is 10.8. The van der Waals surface area contributed by atoms with Gasteiger partial charge in [-0.15, -0.1) is 0 Å². The molecule has 116 valence electrons. The number of rotatable bonds is 4. The van der Waals surface area contributed by atoms with Crippen LogP contribution in [0.25, 0.3) is 0 Å². The van der Waals surface area contributed by atoms with E-state index in [0.717, 1.165) is 16.8 Å². The number of aromatic nitrogens is 3. The molecular weight excluding hydrogens is 278 g/mol. The van der Waals surface area contributed by atoms with Gasteiger partial charge in [-0.1, -0.05) is 13.8 Å². The molecule has 6 heteroatoms. The fourth-order valence-electron chi connectivity index (χ4n) is 2.09. The van der Waals surface area contributed by atoms with Crippen molar-refractivity contribution in [1.82, 2.24) is 19.9 Å². The molecule has 2 rings (SSSR count). The molecule has 0 atom stereocenters. The molecule has 0 aromatic carbocycles. The van der Waals surface area contributed by atoms with Gasteiger partial charge in [-0.25, -0.2) is 9.97 Å². The molecule has 2 aromatic heterocycles. The number of aryl methyl sites for hydroxylation is 1. The Balaban J connectivity index is 2.22. The average molecular weight is 299 g/mol. The summed E-state index contributed by atoms with van der Waals surface area (Å²) in [4.78, 5) is 26.5. The third-order valence-electron chi connectivity index (χ3n) is 3.46. The minimum absolute atomic E-state index is 0.128. The van der Waals surface area contributed by atoms with Crippen LogP contribution in [-0.2, 0) is 6.54 Å².